The SMILES string of the molecule is CCOCCCNC(=O)[C@H](CC(C)C)Nc1cc(COC2CCCCC2)nc(-n2ccnc2)n1. The van der Waals surface area contributed by atoms with Crippen LogP contribution in [0.15, 0.2) is 24.8 Å². The van der Waals surface area contributed by atoms with Crippen molar-refractivity contribution >= 4 is 11.7 Å². The van der Waals surface area contributed by atoms with Crippen molar-refractivity contribution in [2.75, 3.05) is 25.1 Å². The fourth-order valence-electron chi connectivity index (χ4n) is 4.09. The molecule has 1 amide bonds. The van der Waals surface area contributed by atoms with Gasteiger partial charge in [-0.25, -0.2) is 9.97 Å². The van der Waals surface area contributed by atoms with Crippen LogP contribution in [-0.4, -0.2) is 57.3 Å². The quantitative estimate of drug-likeness (QED) is 0.402. The normalized spacial score (nSPS) is 15.4. The molecule has 9 nitrogen and oxygen atoms in total. The third kappa shape index (κ3) is 8.68. The lowest BCUT2D eigenvalue weighted by Gasteiger charge is -2.23. The molecule has 1 atom stereocenters. The number of rotatable bonds is 14. The van der Waals surface area contributed by atoms with Crippen molar-refractivity contribution in [2.45, 2.75) is 84.5 Å². The third-order valence-electron chi connectivity index (χ3n) is 5.84. The van der Waals surface area contributed by atoms with Crippen LogP contribution in [0.4, 0.5) is 5.82 Å². The van der Waals surface area contributed by atoms with E-state index in [-0.39, 0.29) is 12.0 Å². The maximum absolute atomic E-state index is 12.9. The lowest BCUT2D eigenvalue weighted by molar-refractivity contribution is -0.122. The Balaban J connectivity index is 1.71. The van der Waals surface area contributed by atoms with Gasteiger partial charge in [0.25, 0.3) is 0 Å². The smallest absolute Gasteiger partial charge is 0.242 e. The molecule has 2 N–H and O–H groups in total. The fraction of sp³-hybridized carbons (Fsp3) is 0.680. The lowest BCUT2D eigenvalue weighted by atomic mass is 9.98. The van der Waals surface area contributed by atoms with Crippen LogP contribution in [0.1, 0.15) is 71.4 Å². The summed E-state index contributed by atoms with van der Waals surface area (Å²) in [6.07, 6.45) is 12.9. The number of hydrogen-bond acceptors (Lipinski definition) is 7. The van der Waals surface area contributed by atoms with Gasteiger partial charge in [0.05, 0.1) is 18.4 Å². The Labute approximate surface area is 203 Å². The minimum atomic E-state index is -0.398. The van der Waals surface area contributed by atoms with Gasteiger partial charge in [-0.15, -0.1) is 0 Å². The van der Waals surface area contributed by atoms with E-state index in [2.05, 4.69) is 39.4 Å². The summed E-state index contributed by atoms with van der Waals surface area (Å²) in [7, 11) is 0. The summed E-state index contributed by atoms with van der Waals surface area (Å²) in [4.78, 5) is 26.4. The topological polar surface area (TPSA) is 103 Å². The molecule has 0 radical (unpaired) electrons. The second-order valence-electron chi connectivity index (χ2n) is 9.25. The van der Waals surface area contributed by atoms with Crippen LogP contribution in [0, 0.1) is 5.92 Å². The number of aromatic nitrogens is 4. The number of hydrogen-bond donors (Lipinski definition) is 2. The summed E-state index contributed by atoms with van der Waals surface area (Å²) in [5.74, 6) is 1.42. The Bertz CT molecular complexity index is 852. The number of ether oxygens (including phenoxy) is 2. The van der Waals surface area contributed by atoms with Crippen molar-refractivity contribution in [1.29, 1.82) is 0 Å². The molecule has 0 spiro atoms. The Morgan fingerprint density at radius 2 is 2.06 bits per heavy atom. The van der Waals surface area contributed by atoms with E-state index in [1.807, 2.05) is 19.2 Å². The zero-order valence-electron chi connectivity index (χ0n) is 20.8. The molecule has 34 heavy (non-hydrogen) atoms. The average Bonchev–Trinajstić information content (AvgIpc) is 3.38. The highest BCUT2D eigenvalue weighted by Crippen LogP contribution is 2.22. The van der Waals surface area contributed by atoms with E-state index in [1.54, 1.807) is 17.1 Å². The molecule has 0 aromatic carbocycles. The van der Waals surface area contributed by atoms with Crippen molar-refractivity contribution < 1.29 is 14.3 Å². The minimum Gasteiger partial charge on any atom is -0.382 e. The van der Waals surface area contributed by atoms with E-state index in [0.29, 0.717) is 50.5 Å². The molecule has 9 heteroatoms. The number of carbonyl (C=O) groups excluding carboxylic acids is 1. The highest BCUT2D eigenvalue weighted by molar-refractivity contribution is 5.84. The molecule has 1 saturated carbocycles. The van der Waals surface area contributed by atoms with Gasteiger partial charge in [0.2, 0.25) is 11.9 Å². The second-order valence-corrected chi connectivity index (χ2v) is 9.25. The van der Waals surface area contributed by atoms with Gasteiger partial charge < -0.3 is 20.1 Å². The van der Waals surface area contributed by atoms with Gasteiger partial charge in [0.15, 0.2) is 0 Å². The molecule has 1 fully saturated rings. The summed E-state index contributed by atoms with van der Waals surface area (Å²) >= 11 is 0. The van der Waals surface area contributed by atoms with Crippen molar-refractivity contribution in [3.63, 3.8) is 0 Å². The predicted octanol–water partition coefficient (Wildman–Crippen LogP) is 3.88. The zero-order chi connectivity index (χ0) is 24.2. The van der Waals surface area contributed by atoms with Crippen molar-refractivity contribution in [1.82, 2.24) is 24.8 Å². The van der Waals surface area contributed by atoms with Crippen LogP contribution >= 0.6 is 0 Å². The number of nitrogens with one attached hydrogen (secondary N) is 2. The second kappa shape index (κ2) is 14.0. The fourth-order valence-corrected chi connectivity index (χ4v) is 4.09. The van der Waals surface area contributed by atoms with E-state index in [1.165, 1.54) is 19.3 Å². The van der Waals surface area contributed by atoms with E-state index in [0.717, 1.165) is 25.0 Å². The van der Waals surface area contributed by atoms with Crippen LogP contribution in [-0.2, 0) is 20.9 Å². The lowest BCUT2D eigenvalue weighted by Crippen LogP contribution is -2.41. The highest BCUT2D eigenvalue weighted by Gasteiger charge is 2.21. The summed E-state index contributed by atoms with van der Waals surface area (Å²) in [5, 5.41) is 6.39. The maximum atomic E-state index is 12.9. The first-order valence-electron chi connectivity index (χ1n) is 12.6. The summed E-state index contributed by atoms with van der Waals surface area (Å²) in [5.41, 5.74) is 0.784. The van der Waals surface area contributed by atoms with Crippen LogP contribution in [0.25, 0.3) is 5.95 Å². The molecular formula is C25H40N6O3. The van der Waals surface area contributed by atoms with Crippen molar-refractivity contribution in [2.24, 2.45) is 5.92 Å². The molecule has 0 aliphatic heterocycles. The van der Waals surface area contributed by atoms with Crippen molar-refractivity contribution in [3.05, 3.63) is 30.5 Å². The number of anilines is 1. The molecule has 188 valence electrons. The van der Waals surface area contributed by atoms with Gasteiger partial charge in [-0.1, -0.05) is 33.1 Å². The molecule has 1 aliphatic rings. The molecule has 0 bridgehead atoms. The largest absolute Gasteiger partial charge is 0.382 e. The first kappa shape index (κ1) is 26.1. The van der Waals surface area contributed by atoms with Gasteiger partial charge in [0.1, 0.15) is 18.2 Å². The van der Waals surface area contributed by atoms with Gasteiger partial charge in [0, 0.05) is 38.2 Å². The monoisotopic (exact) mass is 472 g/mol. The molecule has 0 unspecified atom stereocenters. The van der Waals surface area contributed by atoms with E-state index in [9.17, 15) is 4.79 Å². The van der Waals surface area contributed by atoms with Gasteiger partial charge in [-0.05, 0) is 38.5 Å². The maximum Gasteiger partial charge on any atom is 0.242 e. The first-order chi connectivity index (χ1) is 16.5. The zero-order valence-corrected chi connectivity index (χ0v) is 20.8. The summed E-state index contributed by atoms with van der Waals surface area (Å²) in [6, 6.07) is 1.49. The Hall–Kier alpha value is -2.52. The third-order valence-corrected chi connectivity index (χ3v) is 5.84. The Morgan fingerprint density at radius 1 is 1.24 bits per heavy atom. The van der Waals surface area contributed by atoms with Gasteiger partial charge >= 0.3 is 0 Å². The van der Waals surface area contributed by atoms with Gasteiger partial charge in [-0.3, -0.25) is 9.36 Å². The molecule has 1 aliphatic carbocycles. The molecule has 0 saturated heterocycles. The molecule has 2 heterocycles. The van der Waals surface area contributed by atoms with E-state index in [4.69, 9.17) is 9.47 Å². The standard InChI is InChI=1S/C25H40N6O3/c1-4-33-14-8-11-27-24(32)22(15-19(2)3)29-23-16-20(17-34-21-9-6-5-7-10-21)28-25(30-23)31-13-12-26-18-31/h12-13,16,18-19,21-22H,4-11,14-15,17H2,1-3H3,(H,27,32)(H,28,29,30)/t22-/m0/s1. The number of nitrogens with zero attached hydrogens (tertiary/aromatic N) is 4. The Kier molecular flexibility index (Phi) is 10.8. The Morgan fingerprint density at radius 3 is 2.76 bits per heavy atom. The predicted molar refractivity (Wildman–Crippen MR) is 132 cm³/mol. The van der Waals surface area contributed by atoms with E-state index < -0.39 is 6.04 Å². The van der Waals surface area contributed by atoms with Crippen LogP contribution in [0.3, 0.4) is 0 Å². The molecule has 3 rings (SSSR count). The van der Waals surface area contributed by atoms with Crippen LogP contribution in [0.5, 0.6) is 0 Å². The number of imidazole rings is 1. The highest BCUT2D eigenvalue weighted by atomic mass is 16.5. The van der Waals surface area contributed by atoms with E-state index >= 15 is 0 Å². The average molecular weight is 473 g/mol. The van der Waals surface area contributed by atoms with Crippen LogP contribution in [0.2, 0.25) is 0 Å². The molecular weight excluding hydrogens is 432 g/mol. The number of amides is 1. The summed E-state index contributed by atoms with van der Waals surface area (Å²) in [6.45, 7) is 8.51. The molecule has 2 aromatic heterocycles. The van der Waals surface area contributed by atoms with Crippen LogP contribution < -0.4 is 10.6 Å². The summed E-state index contributed by atoms with van der Waals surface area (Å²) < 4.78 is 13.3. The molecule has 2 aromatic rings. The minimum absolute atomic E-state index is 0.0343. The number of carbonyl (C=O) groups is 1. The van der Waals surface area contributed by atoms with Crippen molar-refractivity contribution in [3.8, 4) is 5.95 Å². The van der Waals surface area contributed by atoms with Gasteiger partial charge in [-0.2, -0.15) is 4.98 Å². The first-order valence-corrected chi connectivity index (χ1v) is 12.6.